The van der Waals surface area contributed by atoms with Crippen molar-refractivity contribution in [1.29, 1.82) is 0 Å². The minimum Gasteiger partial charge on any atom is -0.487 e. The van der Waals surface area contributed by atoms with Crippen molar-refractivity contribution >= 4 is 10.8 Å². The predicted octanol–water partition coefficient (Wildman–Crippen LogP) is 3.82. The van der Waals surface area contributed by atoms with Crippen molar-refractivity contribution in [2.24, 2.45) is 0 Å². The summed E-state index contributed by atoms with van der Waals surface area (Å²) < 4.78 is 8.09. The fourth-order valence-corrected chi connectivity index (χ4v) is 2.55. The first-order valence-electron chi connectivity index (χ1n) is 7.31. The highest BCUT2D eigenvalue weighted by Crippen LogP contribution is 2.13. The van der Waals surface area contributed by atoms with Gasteiger partial charge < -0.3 is 4.74 Å². The smallest absolute Gasteiger partial charge is 0.182 e. The molecule has 106 valence electrons. The van der Waals surface area contributed by atoms with Crippen molar-refractivity contribution in [3.8, 4) is 5.75 Å². The van der Waals surface area contributed by atoms with Gasteiger partial charge in [0, 0.05) is 18.4 Å². The number of nitrogens with zero attached hydrogens (tertiary/aromatic N) is 1. The lowest BCUT2D eigenvalue weighted by Gasteiger charge is -2.06. The van der Waals surface area contributed by atoms with E-state index in [0.717, 1.165) is 12.3 Å². The van der Waals surface area contributed by atoms with Gasteiger partial charge >= 0.3 is 0 Å². The first-order chi connectivity index (χ1) is 10.2. The Bertz CT molecular complexity index is 764. The molecule has 1 aromatic heterocycles. The Morgan fingerprint density at radius 1 is 0.905 bits per heavy atom. The second-order valence-corrected chi connectivity index (χ2v) is 5.40. The van der Waals surface area contributed by atoms with Gasteiger partial charge in [-0.25, -0.2) is 0 Å². The number of rotatable bonds is 4. The number of fused-ring (bicyclic) bond motifs is 1. The van der Waals surface area contributed by atoms with Gasteiger partial charge in [-0.1, -0.05) is 30.3 Å². The van der Waals surface area contributed by atoms with Crippen LogP contribution in [0.4, 0.5) is 0 Å². The third-order valence-corrected chi connectivity index (χ3v) is 3.70. The molecule has 0 fully saturated rings. The number of aryl methyl sites for hydroxylation is 2. The Labute approximate surface area is 125 Å². The number of benzene rings is 2. The molecule has 0 saturated carbocycles. The number of pyridine rings is 1. The van der Waals surface area contributed by atoms with E-state index >= 15 is 0 Å². The molecule has 0 amide bonds. The van der Waals surface area contributed by atoms with Gasteiger partial charge in [0.25, 0.3) is 0 Å². The molecule has 0 aliphatic heterocycles. The van der Waals surface area contributed by atoms with Gasteiger partial charge in [-0.05, 0) is 36.1 Å². The van der Waals surface area contributed by atoms with Crippen LogP contribution in [0, 0.1) is 13.8 Å². The maximum atomic E-state index is 5.84. The molecular formula is C19H20NO+. The first-order valence-corrected chi connectivity index (χ1v) is 7.31. The fraction of sp³-hybridized carbons (Fsp3) is 0.211. The van der Waals surface area contributed by atoms with Crippen LogP contribution in [-0.4, -0.2) is 6.61 Å². The van der Waals surface area contributed by atoms with Crippen LogP contribution in [0.1, 0.15) is 11.3 Å². The van der Waals surface area contributed by atoms with Crippen molar-refractivity contribution < 1.29 is 9.30 Å². The maximum absolute atomic E-state index is 5.84. The first kappa shape index (κ1) is 13.6. The molecule has 2 aromatic carbocycles. The summed E-state index contributed by atoms with van der Waals surface area (Å²) in [5, 5.41) is 2.55. The third kappa shape index (κ3) is 3.22. The Kier molecular flexibility index (Phi) is 3.87. The van der Waals surface area contributed by atoms with Crippen molar-refractivity contribution in [2.45, 2.75) is 20.4 Å². The summed E-state index contributed by atoms with van der Waals surface area (Å²) >= 11 is 0. The van der Waals surface area contributed by atoms with Crippen molar-refractivity contribution in [2.75, 3.05) is 6.61 Å². The van der Waals surface area contributed by atoms with E-state index in [1.807, 2.05) is 12.1 Å². The van der Waals surface area contributed by atoms with E-state index in [9.17, 15) is 0 Å². The van der Waals surface area contributed by atoms with Crippen molar-refractivity contribution in [3.05, 3.63) is 72.1 Å². The van der Waals surface area contributed by atoms with E-state index in [-0.39, 0.29) is 0 Å². The van der Waals surface area contributed by atoms with E-state index < -0.39 is 0 Å². The molecule has 0 N–H and O–H groups in total. The Morgan fingerprint density at radius 2 is 1.71 bits per heavy atom. The van der Waals surface area contributed by atoms with Crippen LogP contribution in [0.3, 0.4) is 0 Å². The van der Waals surface area contributed by atoms with Gasteiger partial charge in [0.1, 0.15) is 12.4 Å². The highest BCUT2D eigenvalue weighted by molar-refractivity contribution is 5.80. The molecule has 0 aliphatic carbocycles. The number of hydrogen-bond acceptors (Lipinski definition) is 1. The van der Waals surface area contributed by atoms with Crippen LogP contribution in [0.15, 0.2) is 60.8 Å². The molecule has 2 nitrogen and oxygen atoms in total. The van der Waals surface area contributed by atoms with Gasteiger partial charge in [-0.2, -0.15) is 4.57 Å². The zero-order valence-corrected chi connectivity index (χ0v) is 12.5. The third-order valence-electron chi connectivity index (χ3n) is 3.70. The van der Waals surface area contributed by atoms with Gasteiger partial charge in [0.05, 0.1) is 0 Å². The van der Waals surface area contributed by atoms with Gasteiger partial charge in [-0.3, -0.25) is 0 Å². The van der Waals surface area contributed by atoms with Crippen LogP contribution in [-0.2, 0) is 6.54 Å². The lowest BCUT2D eigenvalue weighted by molar-refractivity contribution is -0.702. The van der Waals surface area contributed by atoms with Crippen LogP contribution >= 0.6 is 0 Å². The SMILES string of the molecule is Cc1cccc(OCC[n+]2cc3ccccc3cc2C)c1. The number of aromatic nitrogens is 1. The molecule has 0 aliphatic rings. The molecule has 0 atom stereocenters. The normalized spacial score (nSPS) is 10.8. The Hall–Kier alpha value is -2.35. The van der Waals surface area contributed by atoms with E-state index in [1.165, 1.54) is 22.0 Å². The van der Waals surface area contributed by atoms with E-state index in [2.05, 4.69) is 67.1 Å². The summed E-state index contributed by atoms with van der Waals surface area (Å²) in [4.78, 5) is 0. The zero-order valence-electron chi connectivity index (χ0n) is 12.5. The highest BCUT2D eigenvalue weighted by Gasteiger charge is 2.08. The molecule has 0 unspecified atom stereocenters. The van der Waals surface area contributed by atoms with Crippen LogP contribution in [0.2, 0.25) is 0 Å². The molecule has 0 bridgehead atoms. The molecule has 2 heteroatoms. The average molecular weight is 278 g/mol. The quantitative estimate of drug-likeness (QED) is 0.661. The lowest BCUT2D eigenvalue weighted by Crippen LogP contribution is -2.39. The number of hydrogen-bond donors (Lipinski definition) is 0. The fourth-order valence-electron chi connectivity index (χ4n) is 2.55. The lowest BCUT2D eigenvalue weighted by atomic mass is 10.1. The second kappa shape index (κ2) is 5.96. The number of ether oxygens (including phenoxy) is 1. The molecule has 3 rings (SSSR count). The van der Waals surface area contributed by atoms with E-state index in [4.69, 9.17) is 4.74 Å². The second-order valence-electron chi connectivity index (χ2n) is 5.40. The van der Waals surface area contributed by atoms with Crippen LogP contribution < -0.4 is 9.30 Å². The molecular weight excluding hydrogens is 258 g/mol. The monoisotopic (exact) mass is 278 g/mol. The molecule has 21 heavy (non-hydrogen) atoms. The van der Waals surface area contributed by atoms with Gasteiger partial charge in [0.15, 0.2) is 18.4 Å². The molecule has 0 saturated heterocycles. The molecule has 3 aromatic rings. The summed E-state index contributed by atoms with van der Waals surface area (Å²) in [5.74, 6) is 0.939. The van der Waals surface area contributed by atoms with Gasteiger partial charge in [-0.15, -0.1) is 0 Å². The topological polar surface area (TPSA) is 13.1 Å². The summed E-state index contributed by atoms with van der Waals surface area (Å²) in [6.45, 7) is 5.74. The van der Waals surface area contributed by atoms with Crippen LogP contribution in [0.5, 0.6) is 5.75 Å². The average Bonchev–Trinajstić information content (AvgIpc) is 2.48. The van der Waals surface area contributed by atoms with Crippen LogP contribution in [0.25, 0.3) is 10.8 Å². The standard InChI is InChI=1S/C19H20NO/c1-15-6-5-9-19(12-15)21-11-10-20-14-18-8-4-3-7-17(18)13-16(20)2/h3-9,12-14H,10-11H2,1-2H3/q+1. The van der Waals surface area contributed by atoms with E-state index in [0.29, 0.717) is 6.61 Å². The van der Waals surface area contributed by atoms with Gasteiger partial charge in [0.2, 0.25) is 0 Å². The maximum Gasteiger partial charge on any atom is 0.182 e. The minimum atomic E-state index is 0.674. The summed E-state index contributed by atoms with van der Waals surface area (Å²) in [6, 6.07) is 18.8. The highest BCUT2D eigenvalue weighted by atomic mass is 16.5. The zero-order chi connectivity index (χ0) is 14.7. The predicted molar refractivity (Wildman–Crippen MR) is 85.6 cm³/mol. The summed E-state index contributed by atoms with van der Waals surface area (Å²) in [6.07, 6.45) is 2.20. The van der Waals surface area contributed by atoms with Crippen molar-refractivity contribution in [3.63, 3.8) is 0 Å². The molecule has 0 spiro atoms. The molecule has 0 radical (unpaired) electrons. The van der Waals surface area contributed by atoms with Crippen molar-refractivity contribution in [1.82, 2.24) is 0 Å². The Balaban J connectivity index is 1.71. The minimum absolute atomic E-state index is 0.674. The van der Waals surface area contributed by atoms with E-state index in [1.54, 1.807) is 0 Å². The summed E-state index contributed by atoms with van der Waals surface area (Å²) in [5.41, 5.74) is 2.48. The molecule has 1 heterocycles. The Morgan fingerprint density at radius 3 is 2.52 bits per heavy atom. The summed E-state index contributed by atoms with van der Waals surface area (Å²) in [7, 11) is 0. The largest absolute Gasteiger partial charge is 0.487 e.